The Kier molecular flexibility index (Phi) is 4.62. The van der Waals surface area contributed by atoms with Gasteiger partial charge in [0, 0.05) is 23.0 Å². The van der Waals surface area contributed by atoms with Crippen molar-refractivity contribution < 1.29 is 9.66 Å². The van der Waals surface area contributed by atoms with Crippen molar-refractivity contribution in [2.45, 2.75) is 12.3 Å². The van der Waals surface area contributed by atoms with Crippen molar-refractivity contribution in [2.75, 3.05) is 0 Å². The van der Waals surface area contributed by atoms with Gasteiger partial charge in [0.15, 0.2) is 0 Å². The second-order valence-electron chi connectivity index (χ2n) is 4.22. The van der Waals surface area contributed by atoms with Gasteiger partial charge in [0.25, 0.3) is 5.69 Å². The lowest BCUT2D eigenvalue weighted by atomic mass is 10.2. The molecule has 0 N–H and O–H groups in total. The maximum Gasteiger partial charge on any atom is 0.270 e. The van der Waals surface area contributed by atoms with E-state index in [9.17, 15) is 10.1 Å². The molecule has 0 aromatic heterocycles. The van der Waals surface area contributed by atoms with Gasteiger partial charge in [0.2, 0.25) is 0 Å². The van der Waals surface area contributed by atoms with Crippen LogP contribution in [0.5, 0.6) is 11.5 Å². The molecule has 0 saturated heterocycles. The summed E-state index contributed by atoms with van der Waals surface area (Å²) in [6, 6.07) is 9.93. The molecule has 0 atom stereocenters. The van der Waals surface area contributed by atoms with Crippen LogP contribution in [-0.4, -0.2) is 4.92 Å². The Balaban J connectivity index is 2.38. The van der Waals surface area contributed by atoms with Crippen molar-refractivity contribution in [3.8, 4) is 11.5 Å². The summed E-state index contributed by atoms with van der Waals surface area (Å²) in [5, 5.41) is 11.7. The first kappa shape index (κ1) is 14.8. The highest BCUT2D eigenvalue weighted by Gasteiger charge is 2.13. The molecule has 2 aromatic rings. The van der Waals surface area contributed by atoms with Crippen LogP contribution in [0.25, 0.3) is 0 Å². The van der Waals surface area contributed by atoms with Gasteiger partial charge in [-0.1, -0.05) is 33.6 Å². The van der Waals surface area contributed by atoms with Gasteiger partial charge in [0.1, 0.15) is 11.5 Å². The Bertz CT molecular complexity index is 661. The molecule has 0 radical (unpaired) electrons. The summed E-state index contributed by atoms with van der Waals surface area (Å²) in [7, 11) is 0. The highest BCUT2D eigenvalue weighted by molar-refractivity contribution is 9.08. The van der Waals surface area contributed by atoms with Gasteiger partial charge in [-0.05, 0) is 30.7 Å². The van der Waals surface area contributed by atoms with Crippen molar-refractivity contribution >= 4 is 33.2 Å². The molecule has 0 aliphatic heterocycles. The fourth-order valence-corrected chi connectivity index (χ4v) is 2.28. The summed E-state index contributed by atoms with van der Waals surface area (Å²) in [4.78, 5) is 10.3. The first-order chi connectivity index (χ1) is 9.51. The predicted molar refractivity (Wildman–Crippen MR) is 82.0 cm³/mol. The van der Waals surface area contributed by atoms with Crippen LogP contribution in [0.2, 0.25) is 5.02 Å². The summed E-state index contributed by atoms with van der Waals surface area (Å²) >= 11 is 9.38. The smallest absolute Gasteiger partial charge is 0.270 e. The molecule has 0 spiro atoms. The van der Waals surface area contributed by atoms with Gasteiger partial charge >= 0.3 is 0 Å². The van der Waals surface area contributed by atoms with Gasteiger partial charge in [-0.15, -0.1) is 0 Å². The summed E-state index contributed by atoms with van der Waals surface area (Å²) < 4.78 is 5.76. The Morgan fingerprint density at radius 3 is 2.65 bits per heavy atom. The van der Waals surface area contributed by atoms with E-state index in [2.05, 4.69) is 15.9 Å². The third kappa shape index (κ3) is 3.29. The number of hydrogen-bond acceptors (Lipinski definition) is 3. The first-order valence-corrected chi connectivity index (χ1v) is 7.28. The number of rotatable bonds is 4. The molecule has 0 heterocycles. The molecule has 0 aliphatic carbocycles. The van der Waals surface area contributed by atoms with Gasteiger partial charge < -0.3 is 4.74 Å². The van der Waals surface area contributed by atoms with Crippen molar-refractivity contribution in [3.63, 3.8) is 0 Å². The third-order valence-corrected chi connectivity index (χ3v) is 3.62. The molecule has 4 nitrogen and oxygen atoms in total. The van der Waals surface area contributed by atoms with Gasteiger partial charge in [-0.25, -0.2) is 0 Å². The zero-order chi connectivity index (χ0) is 14.7. The lowest BCUT2D eigenvalue weighted by Gasteiger charge is -2.11. The SMILES string of the molecule is Cc1ccc(Cl)c(Oc2ccc([N+](=O)[O-])cc2CBr)c1. The minimum Gasteiger partial charge on any atom is -0.455 e. The Morgan fingerprint density at radius 2 is 2.00 bits per heavy atom. The van der Waals surface area contributed by atoms with Crippen LogP contribution < -0.4 is 4.74 Å². The molecule has 0 unspecified atom stereocenters. The van der Waals surface area contributed by atoms with Crippen LogP contribution in [0, 0.1) is 17.0 Å². The van der Waals surface area contributed by atoms with Gasteiger partial charge in [-0.2, -0.15) is 0 Å². The second kappa shape index (κ2) is 6.24. The highest BCUT2D eigenvalue weighted by atomic mass is 79.9. The van der Waals surface area contributed by atoms with E-state index >= 15 is 0 Å². The van der Waals surface area contributed by atoms with E-state index in [1.807, 2.05) is 19.1 Å². The number of benzene rings is 2. The highest BCUT2D eigenvalue weighted by Crippen LogP contribution is 2.34. The van der Waals surface area contributed by atoms with Gasteiger partial charge in [-0.3, -0.25) is 10.1 Å². The molecule has 0 saturated carbocycles. The van der Waals surface area contributed by atoms with Crippen molar-refractivity contribution in [2.24, 2.45) is 0 Å². The minimum atomic E-state index is -0.435. The zero-order valence-electron chi connectivity index (χ0n) is 10.6. The van der Waals surface area contributed by atoms with Crippen LogP contribution in [0.3, 0.4) is 0 Å². The molecule has 20 heavy (non-hydrogen) atoms. The Hall–Kier alpha value is -1.59. The number of nitro benzene ring substituents is 1. The molecular formula is C14H11BrClNO3. The fraction of sp³-hybridized carbons (Fsp3) is 0.143. The number of nitro groups is 1. The van der Waals surface area contributed by atoms with E-state index < -0.39 is 4.92 Å². The molecule has 6 heteroatoms. The lowest BCUT2D eigenvalue weighted by Crippen LogP contribution is -1.94. The van der Waals surface area contributed by atoms with Gasteiger partial charge in [0.05, 0.1) is 9.95 Å². The number of non-ortho nitro benzene ring substituents is 1. The summed E-state index contributed by atoms with van der Waals surface area (Å²) in [5.74, 6) is 1.07. The summed E-state index contributed by atoms with van der Waals surface area (Å²) in [6.45, 7) is 1.93. The van der Waals surface area contributed by atoms with E-state index in [1.165, 1.54) is 12.1 Å². The Morgan fingerprint density at radius 1 is 1.25 bits per heavy atom. The number of ether oxygens (including phenoxy) is 1. The Labute approximate surface area is 129 Å². The number of nitrogens with zero attached hydrogens (tertiary/aromatic N) is 1. The normalized spacial score (nSPS) is 10.3. The fourth-order valence-electron chi connectivity index (χ4n) is 1.69. The number of alkyl halides is 1. The second-order valence-corrected chi connectivity index (χ2v) is 5.19. The van der Waals surface area contributed by atoms with Crippen LogP contribution in [0.15, 0.2) is 36.4 Å². The largest absolute Gasteiger partial charge is 0.455 e. The maximum absolute atomic E-state index is 10.8. The van der Waals surface area contributed by atoms with Crippen LogP contribution in [0.4, 0.5) is 5.69 Å². The summed E-state index contributed by atoms with van der Waals surface area (Å²) in [6.07, 6.45) is 0. The monoisotopic (exact) mass is 355 g/mol. The van der Waals surface area contributed by atoms with Crippen LogP contribution in [0.1, 0.15) is 11.1 Å². The summed E-state index contributed by atoms with van der Waals surface area (Å²) in [5.41, 5.74) is 1.74. The number of aryl methyl sites for hydroxylation is 1. The average molecular weight is 357 g/mol. The molecule has 2 rings (SSSR count). The quantitative estimate of drug-likeness (QED) is 0.427. The number of hydrogen-bond donors (Lipinski definition) is 0. The maximum atomic E-state index is 10.8. The third-order valence-electron chi connectivity index (χ3n) is 2.71. The van der Waals surface area contributed by atoms with E-state index in [0.717, 1.165) is 5.56 Å². The molecule has 0 fully saturated rings. The first-order valence-electron chi connectivity index (χ1n) is 5.78. The lowest BCUT2D eigenvalue weighted by molar-refractivity contribution is -0.384. The zero-order valence-corrected chi connectivity index (χ0v) is 12.9. The van der Waals surface area contributed by atoms with Crippen molar-refractivity contribution in [1.29, 1.82) is 0 Å². The van der Waals surface area contributed by atoms with Crippen molar-refractivity contribution in [1.82, 2.24) is 0 Å². The predicted octanol–water partition coefficient (Wildman–Crippen LogP) is 5.24. The van der Waals surface area contributed by atoms with E-state index in [-0.39, 0.29) is 5.69 Å². The van der Waals surface area contributed by atoms with E-state index in [1.54, 1.807) is 12.1 Å². The van der Waals surface area contributed by atoms with Crippen LogP contribution >= 0.6 is 27.5 Å². The number of halogens is 2. The van der Waals surface area contributed by atoms with E-state index in [0.29, 0.717) is 27.4 Å². The van der Waals surface area contributed by atoms with Crippen LogP contribution in [-0.2, 0) is 5.33 Å². The van der Waals surface area contributed by atoms with E-state index in [4.69, 9.17) is 16.3 Å². The molecule has 0 amide bonds. The molecule has 2 aromatic carbocycles. The standard InChI is InChI=1S/C14H11BrClNO3/c1-9-2-4-12(16)14(6-9)20-13-5-3-11(17(18)19)7-10(13)8-15/h2-7H,8H2,1H3. The molecule has 0 aliphatic rings. The molecule has 104 valence electrons. The molecule has 0 bridgehead atoms. The topological polar surface area (TPSA) is 52.4 Å². The van der Waals surface area contributed by atoms with Crippen molar-refractivity contribution in [3.05, 3.63) is 62.7 Å². The minimum absolute atomic E-state index is 0.0298. The average Bonchev–Trinajstić information content (AvgIpc) is 2.43. The molecular weight excluding hydrogens is 346 g/mol.